The zero-order chi connectivity index (χ0) is 20.5. The van der Waals surface area contributed by atoms with Crippen molar-refractivity contribution < 1.29 is 9.13 Å². The second-order valence-electron chi connectivity index (χ2n) is 7.27. The van der Waals surface area contributed by atoms with E-state index in [0.717, 1.165) is 50.0 Å². The first-order valence-electron chi connectivity index (χ1n) is 10.4. The second kappa shape index (κ2) is 10.8. The van der Waals surface area contributed by atoms with Gasteiger partial charge in [-0.3, -0.25) is 4.99 Å². The zero-order valence-electron chi connectivity index (χ0n) is 17.4. The number of hydrogen-bond donors (Lipinski definition) is 1. The monoisotopic (exact) mass is 402 g/mol. The summed E-state index contributed by atoms with van der Waals surface area (Å²) in [6.07, 6.45) is 6.59. The number of guanidine groups is 1. The number of aliphatic imine (C=N–C) groups is 1. The van der Waals surface area contributed by atoms with Gasteiger partial charge in [0.1, 0.15) is 18.3 Å². The molecule has 0 bridgehead atoms. The molecule has 0 amide bonds. The van der Waals surface area contributed by atoms with Crippen LogP contribution in [0.15, 0.2) is 29.3 Å². The summed E-state index contributed by atoms with van der Waals surface area (Å²) in [7, 11) is 3.70. The highest BCUT2D eigenvalue weighted by Gasteiger charge is 2.14. The molecule has 0 saturated heterocycles. The molecule has 3 rings (SSSR count). The Morgan fingerprint density at radius 2 is 2.14 bits per heavy atom. The van der Waals surface area contributed by atoms with E-state index in [0.29, 0.717) is 13.2 Å². The van der Waals surface area contributed by atoms with Gasteiger partial charge in [0.2, 0.25) is 0 Å². The van der Waals surface area contributed by atoms with E-state index in [-0.39, 0.29) is 11.6 Å². The van der Waals surface area contributed by atoms with E-state index in [1.54, 1.807) is 25.2 Å². The zero-order valence-corrected chi connectivity index (χ0v) is 17.4. The van der Waals surface area contributed by atoms with Crippen LogP contribution in [0.4, 0.5) is 4.39 Å². The molecule has 0 saturated carbocycles. The van der Waals surface area contributed by atoms with E-state index in [1.165, 1.54) is 25.3 Å². The molecule has 1 aromatic carbocycles. The van der Waals surface area contributed by atoms with E-state index in [4.69, 9.17) is 4.74 Å². The molecule has 1 aliphatic rings. The number of nitrogens with one attached hydrogen (secondary N) is 1. The van der Waals surface area contributed by atoms with Crippen LogP contribution < -0.4 is 10.1 Å². The number of halogens is 1. The molecule has 7 nitrogen and oxygen atoms in total. The van der Waals surface area contributed by atoms with Crippen LogP contribution in [-0.4, -0.2) is 59.4 Å². The summed E-state index contributed by atoms with van der Waals surface area (Å²) < 4.78 is 21.4. The van der Waals surface area contributed by atoms with Crippen molar-refractivity contribution in [3.05, 3.63) is 41.7 Å². The third-order valence-electron chi connectivity index (χ3n) is 5.14. The molecule has 0 unspecified atom stereocenters. The van der Waals surface area contributed by atoms with Crippen molar-refractivity contribution in [2.24, 2.45) is 4.99 Å². The minimum Gasteiger partial charge on any atom is -0.489 e. The predicted molar refractivity (Wildman–Crippen MR) is 112 cm³/mol. The number of para-hydroxylation sites is 1. The number of aromatic nitrogens is 3. The smallest absolute Gasteiger partial charge is 0.193 e. The summed E-state index contributed by atoms with van der Waals surface area (Å²) in [6, 6.07) is 6.44. The summed E-state index contributed by atoms with van der Waals surface area (Å²) in [4.78, 5) is 6.29. The highest BCUT2D eigenvalue weighted by atomic mass is 19.1. The largest absolute Gasteiger partial charge is 0.489 e. The molecule has 0 spiro atoms. The number of hydrogen-bond acceptors (Lipinski definition) is 4. The first-order chi connectivity index (χ1) is 14.2. The number of ether oxygens (including phenoxy) is 1. The van der Waals surface area contributed by atoms with Gasteiger partial charge in [0.15, 0.2) is 17.5 Å². The minimum atomic E-state index is -0.343. The number of nitrogens with zero attached hydrogens (tertiary/aromatic N) is 5. The summed E-state index contributed by atoms with van der Waals surface area (Å²) in [5.41, 5.74) is 0. The molecule has 1 N–H and O–H groups in total. The van der Waals surface area contributed by atoms with Crippen LogP contribution in [0.3, 0.4) is 0 Å². The Morgan fingerprint density at radius 1 is 1.28 bits per heavy atom. The molecule has 0 radical (unpaired) electrons. The van der Waals surface area contributed by atoms with E-state index in [2.05, 4.69) is 25.1 Å². The Morgan fingerprint density at radius 3 is 2.97 bits per heavy atom. The fourth-order valence-electron chi connectivity index (χ4n) is 3.52. The van der Waals surface area contributed by atoms with Crippen molar-refractivity contribution in [3.8, 4) is 5.75 Å². The van der Waals surface area contributed by atoms with Crippen LogP contribution >= 0.6 is 0 Å². The maximum Gasteiger partial charge on any atom is 0.193 e. The lowest BCUT2D eigenvalue weighted by Gasteiger charge is -2.22. The predicted octanol–water partition coefficient (Wildman–Crippen LogP) is 2.66. The van der Waals surface area contributed by atoms with Crippen molar-refractivity contribution in [3.63, 3.8) is 0 Å². The van der Waals surface area contributed by atoms with Crippen LogP contribution in [0.1, 0.15) is 37.3 Å². The first-order valence-corrected chi connectivity index (χ1v) is 10.4. The van der Waals surface area contributed by atoms with Crippen LogP contribution in [0.2, 0.25) is 0 Å². The van der Waals surface area contributed by atoms with Crippen molar-refractivity contribution in [2.75, 3.05) is 33.8 Å². The third-order valence-corrected chi connectivity index (χ3v) is 5.14. The molecule has 0 atom stereocenters. The highest BCUT2D eigenvalue weighted by Crippen LogP contribution is 2.16. The number of likely N-dealkylation sites (N-methyl/N-ethyl adjacent to an activating group) is 1. The Bertz CT molecular complexity index is 806. The Kier molecular flexibility index (Phi) is 7.84. The SMILES string of the molecule is CN=C(NCCCc1nnc2n1CCCCC2)N(C)CCOc1ccccc1F. The molecule has 158 valence electrons. The van der Waals surface area contributed by atoms with Gasteiger partial charge in [0, 0.05) is 40.0 Å². The molecule has 0 aliphatic carbocycles. The van der Waals surface area contributed by atoms with Gasteiger partial charge in [-0.15, -0.1) is 10.2 Å². The normalized spacial score (nSPS) is 14.2. The summed E-state index contributed by atoms with van der Waals surface area (Å²) in [5, 5.41) is 12.1. The van der Waals surface area contributed by atoms with Gasteiger partial charge in [-0.1, -0.05) is 18.6 Å². The number of rotatable bonds is 8. The molecular weight excluding hydrogens is 371 g/mol. The molecule has 8 heteroatoms. The molecule has 29 heavy (non-hydrogen) atoms. The highest BCUT2D eigenvalue weighted by molar-refractivity contribution is 5.79. The standard InChI is InChI=1S/C21H31FN6O/c1-23-21(27(2)15-16-29-18-10-6-5-9-17(18)22)24-13-8-12-20-26-25-19-11-4-3-7-14-28(19)20/h5-6,9-10H,3-4,7-8,11-16H2,1-2H3,(H,23,24). The fraction of sp³-hybridized carbons (Fsp3) is 0.571. The molecule has 1 aromatic heterocycles. The lowest BCUT2D eigenvalue weighted by atomic mass is 10.2. The number of benzene rings is 1. The van der Waals surface area contributed by atoms with Gasteiger partial charge >= 0.3 is 0 Å². The number of aryl methyl sites for hydroxylation is 2. The van der Waals surface area contributed by atoms with E-state index in [1.807, 2.05) is 11.9 Å². The first kappa shape index (κ1) is 21.1. The minimum absolute atomic E-state index is 0.274. The third kappa shape index (κ3) is 5.92. The van der Waals surface area contributed by atoms with Crippen LogP contribution in [0, 0.1) is 5.82 Å². The van der Waals surface area contributed by atoms with E-state index < -0.39 is 0 Å². The van der Waals surface area contributed by atoms with Crippen LogP contribution in [-0.2, 0) is 19.4 Å². The topological polar surface area (TPSA) is 67.6 Å². The van der Waals surface area contributed by atoms with E-state index in [9.17, 15) is 4.39 Å². The van der Waals surface area contributed by atoms with Gasteiger partial charge in [-0.25, -0.2) is 4.39 Å². The lowest BCUT2D eigenvalue weighted by molar-refractivity contribution is 0.270. The molecule has 0 fully saturated rings. The Balaban J connectivity index is 1.39. The van der Waals surface area contributed by atoms with Gasteiger partial charge < -0.3 is 19.5 Å². The summed E-state index contributed by atoms with van der Waals surface area (Å²) in [6.45, 7) is 2.82. The summed E-state index contributed by atoms with van der Waals surface area (Å²) in [5.74, 6) is 2.95. The molecule has 1 aliphatic heterocycles. The second-order valence-corrected chi connectivity index (χ2v) is 7.27. The van der Waals surface area contributed by atoms with Crippen molar-refractivity contribution >= 4 is 5.96 Å². The quantitative estimate of drug-likeness (QED) is 0.418. The number of fused-ring (bicyclic) bond motifs is 1. The maximum atomic E-state index is 13.6. The summed E-state index contributed by atoms with van der Waals surface area (Å²) >= 11 is 0. The average Bonchev–Trinajstić information content (AvgIpc) is 2.95. The Labute approximate surface area is 172 Å². The van der Waals surface area contributed by atoms with E-state index >= 15 is 0 Å². The van der Waals surface area contributed by atoms with Crippen molar-refractivity contribution in [2.45, 2.75) is 45.1 Å². The maximum absolute atomic E-state index is 13.6. The molecule has 2 heterocycles. The average molecular weight is 403 g/mol. The molecular formula is C21H31FN6O. The van der Waals surface area contributed by atoms with Crippen LogP contribution in [0.5, 0.6) is 5.75 Å². The Hall–Kier alpha value is -2.64. The van der Waals surface area contributed by atoms with Crippen LogP contribution in [0.25, 0.3) is 0 Å². The van der Waals surface area contributed by atoms with Gasteiger partial charge in [0.05, 0.1) is 6.54 Å². The van der Waals surface area contributed by atoms with Crippen molar-refractivity contribution in [1.29, 1.82) is 0 Å². The fourth-order valence-corrected chi connectivity index (χ4v) is 3.52. The van der Waals surface area contributed by atoms with Crippen molar-refractivity contribution in [1.82, 2.24) is 25.0 Å². The van der Waals surface area contributed by atoms with Gasteiger partial charge in [-0.05, 0) is 31.4 Å². The molecule has 2 aromatic rings. The van der Waals surface area contributed by atoms with Gasteiger partial charge in [0.25, 0.3) is 0 Å². The van der Waals surface area contributed by atoms with Gasteiger partial charge in [-0.2, -0.15) is 0 Å². The lowest BCUT2D eigenvalue weighted by Crippen LogP contribution is -2.41.